The number of rotatable bonds is 4. The minimum Gasteiger partial charge on any atom is -0.443 e. The van der Waals surface area contributed by atoms with E-state index in [2.05, 4.69) is 9.71 Å². The molecule has 0 amide bonds. The van der Waals surface area contributed by atoms with Crippen molar-refractivity contribution >= 4 is 26.8 Å². The summed E-state index contributed by atoms with van der Waals surface area (Å²) in [6, 6.07) is 12.4. The van der Waals surface area contributed by atoms with Crippen LogP contribution in [0.4, 0.5) is 5.69 Å². The maximum absolute atomic E-state index is 12.2. The molecule has 3 aromatic rings. The lowest BCUT2D eigenvalue weighted by Gasteiger charge is -2.08. The van der Waals surface area contributed by atoms with Crippen LogP contribution in [-0.2, 0) is 15.8 Å². The van der Waals surface area contributed by atoms with Gasteiger partial charge in [-0.05, 0) is 30.7 Å². The van der Waals surface area contributed by atoms with Crippen LogP contribution in [0.5, 0.6) is 0 Å². The summed E-state index contributed by atoms with van der Waals surface area (Å²) in [7, 11) is -3.46. The largest absolute Gasteiger partial charge is 0.443 e. The summed E-state index contributed by atoms with van der Waals surface area (Å²) >= 11 is 0. The highest BCUT2D eigenvalue weighted by Crippen LogP contribution is 2.19. The van der Waals surface area contributed by atoms with Crippen LogP contribution in [0.1, 0.15) is 11.1 Å². The zero-order valence-electron chi connectivity index (χ0n) is 11.4. The highest BCUT2D eigenvalue weighted by atomic mass is 32.2. The molecule has 0 fully saturated rings. The minimum absolute atomic E-state index is 0.0653. The number of sulfonamides is 1. The summed E-state index contributed by atoms with van der Waals surface area (Å²) < 4.78 is 32.0. The fourth-order valence-electron chi connectivity index (χ4n) is 2.04. The smallest absolute Gasteiger partial charge is 0.236 e. The van der Waals surface area contributed by atoms with E-state index in [-0.39, 0.29) is 5.75 Å². The molecule has 0 bridgehead atoms. The Balaban J connectivity index is 1.80. The number of nitrogens with one attached hydrogen (secondary N) is 1. The van der Waals surface area contributed by atoms with Gasteiger partial charge >= 0.3 is 0 Å². The van der Waals surface area contributed by atoms with E-state index >= 15 is 0 Å². The van der Waals surface area contributed by atoms with Gasteiger partial charge in [0.05, 0.1) is 11.4 Å². The van der Waals surface area contributed by atoms with Crippen molar-refractivity contribution in [3.8, 4) is 0 Å². The molecule has 0 unspecified atom stereocenters. The first-order valence-electron chi connectivity index (χ1n) is 6.41. The first-order chi connectivity index (χ1) is 10.0. The van der Waals surface area contributed by atoms with Gasteiger partial charge in [0.2, 0.25) is 10.0 Å². The summed E-state index contributed by atoms with van der Waals surface area (Å²) in [4.78, 5) is 4.00. The van der Waals surface area contributed by atoms with Crippen LogP contribution in [0, 0.1) is 6.92 Å². The molecule has 0 saturated heterocycles. The van der Waals surface area contributed by atoms with E-state index < -0.39 is 10.0 Å². The topological polar surface area (TPSA) is 72.2 Å². The average molecular weight is 302 g/mol. The van der Waals surface area contributed by atoms with E-state index in [1.165, 1.54) is 6.39 Å². The number of oxazole rings is 1. The molecule has 0 spiro atoms. The van der Waals surface area contributed by atoms with Gasteiger partial charge in [0.25, 0.3) is 0 Å². The molecule has 0 radical (unpaired) electrons. The summed E-state index contributed by atoms with van der Waals surface area (Å²) in [5.74, 6) is -0.0653. The highest BCUT2D eigenvalue weighted by Gasteiger charge is 2.12. The maximum Gasteiger partial charge on any atom is 0.236 e. The van der Waals surface area contributed by atoms with Crippen LogP contribution in [0.3, 0.4) is 0 Å². The van der Waals surface area contributed by atoms with Crippen molar-refractivity contribution in [3.63, 3.8) is 0 Å². The zero-order valence-corrected chi connectivity index (χ0v) is 12.2. The third kappa shape index (κ3) is 3.22. The molecule has 2 aromatic carbocycles. The molecule has 0 aliphatic rings. The Hall–Kier alpha value is -2.34. The molecular formula is C15H14N2O3S. The Bertz CT molecular complexity index is 867. The maximum atomic E-state index is 12.2. The monoisotopic (exact) mass is 302 g/mol. The number of benzene rings is 2. The molecule has 0 saturated carbocycles. The number of anilines is 1. The number of aryl methyl sites for hydroxylation is 1. The molecule has 108 valence electrons. The van der Waals surface area contributed by atoms with Crippen molar-refractivity contribution in [3.05, 3.63) is 60.0 Å². The summed E-state index contributed by atoms with van der Waals surface area (Å²) in [6.45, 7) is 1.96. The van der Waals surface area contributed by atoms with E-state index in [1.54, 1.807) is 18.2 Å². The van der Waals surface area contributed by atoms with E-state index in [1.807, 2.05) is 31.2 Å². The predicted octanol–water partition coefficient (Wildman–Crippen LogP) is 3.08. The van der Waals surface area contributed by atoms with Gasteiger partial charge in [-0.25, -0.2) is 13.4 Å². The van der Waals surface area contributed by atoms with Crippen LogP contribution in [0.2, 0.25) is 0 Å². The van der Waals surface area contributed by atoms with Crippen molar-refractivity contribution in [1.29, 1.82) is 0 Å². The standard InChI is InChI=1S/C15H14N2O3S/c1-11-2-4-12(5-3-11)9-21(18,19)17-13-6-7-15-14(8-13)16-10-20-15/h2-8,10,17H,9H2,1H3. The number of hydrogen-bond donors (Lipinski definition) is 1. The van der Waals surface area contributed by atoms with Gasteiger partial charge in [-0.2, -0.15) is 0 Å². The normalized spacial score (nSPS) is 11.7. The minimum atomic E-state index is -3.46. The van der Waals surface area contributed by atoms with Crippen molar-refractivity contribution < 1.29 is 12.8 Å². The van der Waals surface area contributed by atoms with E-state index in [0.717, 1.165) is 11.1 Å². The molecule has 21 heavy (non-hydrogen) atoms. The number of nitrogens with zero attached hydrogens (tertiary/aromatic N) is 1. The Kier molecular flexibility index (Phi) is 3.39. The summed E-state index contributed by atoms with van der Waals surface area (Å²) in [5.41, 5.74) is 3.56. The lowest BCUT2D eigenvalue weighted by Crippen LogP contribution is -2.15. The van der Waals surface area contributed by atoms with Crippen LogP contribution >= 0.6 is 0 Å². The number of hydrogen-bond acceptors (Lipinski definition) is 4. The lowest BCUT2D eigenvalue weighted by molar-refractivity contribution is 0.599. The van der Waals surface area contributed by atoms with Crippen LogP contribution in [0.25, 0.3) is 11.1 Å². The van der Waals surface area contributed by atoms with Crippen LogP contribution in [-0.4, -0.2) is 13.4 Å². The summed E-state index contributed by atoms with van der Waals surface area (Å²) in [5, 5.41) is 0. The molecule has 1 N–H and O–H groups in total. The van der Waals surface area contributed by atoms with Crippen molar-refractivity contribution in [2.75, 3.05) is 4.72 Å². The molecule has 0 aliphatic carbocycles. The molecule has 3 rings (SSSR count). The number of fused-ring (bicyclic) bond motifs is 1. The highest BCUT2D eigenvalue weighted by molar-refractivity contribution is 7.91. The Morgan fingerprint density at radius 1 is 1.14 bits per heavy atom. The molecule has 6 heteroatoms. The van der Waals surface area contributed by atoms with Crippen LogP contribution < -0.4 is 4.72 Å². The van der Waals surface area contributed by atoms with E-state index in [9.17, 15) is 8.42 Å². The lowest BCUT2D eigenvalue weighted by atomic mass is 10.2. The zero-order chi connectivity index (χ0) is 14.9. The molecule has 5 nitrogen and oxygen atoms in total. The Morgan fingerprint density at radius 2 is 1.90 bits per heavy atom. The summed E-state index contributed by atoms with van der Waals surface area (Å²) in [6.07, 6.45) is 1.33. The van der Waals surface area contributed by atoms with Gasteiger partial charge in [-0.1, -0.05) is 29.8 Å². The van der Waals surface area contributed by atoms with E-state index in [0.29, 0.717) is 16.8 Å². The SMILES string of the molecule is Cc1ccc(CS(=O)(=O)Nc2ccc3ocnc3c2)cc1. The molecule has 0 atom stereocenters. The average Bonchev–Trinajstić information content (AvgIpc) is 2.88. The first-order valence-corrected chi connectivity index (χ1v) is 8.06. The number of aromatic nitrogens is 1. The third-order valence-electron chi connectivity index (χ3n) is 3.08. The second kappa shape index (κ2) is 5.21. The van der Waals surface area contributed by atoms with Gasteiger partial charge < -0.3 is 4.42 Å². The second-order valence-electron chi connectivity index (χ2n) is 4.88. The van der Waals surface area contributed by atoms with Crippen molar-refractivity contribution in [1.82, 2.24) is 4.98 Å². The van der Waals surface area contributed by atoms with Gasteiger partial charge in [0.15, 0.2) is 12.0 Å². The predicted molar refractivity (Wildman–Crippen MR) is 81.4 cm³/mol. The van der Waals surface area contributed by atoms with E-state index in [4.69, 9.17) is 4.42 Å². The first kappa shape index (κ1) is 13.6. The van der Waals surface area contributed by atoms with Crippen molar-refractivity contribution in [2.24, 2.45) is 0 Å². The third-order valence-corrected chi connectivity index (χ3v) is 4.34. The molecule has 0 aliphatic heterocycles. The Morgan fingerprint density at radius 3 is 2.67 bits per heavy atom. The second-order valence-corrected chi connectivity index (χ2v) is 6.60. The van der Waals surface area contributed by atoms with Gasteiger partial charge in [-0.3, -0.25) is 4.72 Å². The Labute approximate surface area is 122 Å². The molecule has 1 heterocycles. The fourth-order valence-corrected chi connectivity index (χ4v) is 3.23. The van der Waals surface area contributed by atoms with Gasteiger partial charge in [-0.15, -0.1) is 0 Å². The molecule has 1 aromatic heterocycles. The van der Waals surface area contributed by atoms with Crippen LogP contribution in [0.15, 0.2) is 53.3 Å². The van der Waals surface area contributed by atoms with Gasteiger partial charge in [0, 0.05) is 0 Å². The van der Waals surface area contributed by atoms with Crippen molar-refractivity contribution in [2.45, 2.75) is 12.7 Å². The fraction of sp³-hybridized carbons (Fsp3) is 0.133. The molecular weight excluding hydrogens is 288 g/mol. The quantitative estimate of drug-likeness (QED) is 0.804. The van der Waals surface area contributed by atoms with Gasteiger partial charge in [0.1, 0.15) is 5.52 Å².